The molecule has 0 aromatic carbocycles. The van der Waals surface area contributed by atoms with Gasteiger partial charge in [-0.25, -0.2) is 0 Å². The van der Waals surface area contributed by atoms with Gasteiger partial charge in [-0.3, -0.25) is 10.5 Å². The number of hydrogen-bond donors (Lipinski definition) is 6. The summed E-state index contributed by atoms with van der Waals surface area (Å²) in [7, 11) is 0. The number of ketones is 1. The molecule has 5 fully saturated rings. The van der Waals surface area contributed by atoms with Crippen molar-refractivity contribution in [2.45, 2.75) is 198 Å². The molecule has 3 saturated carbocycles. The standard InChI is InChI=1S/C42H72N2O6/c1-7-9-10-11-18-40-21-13-28(45)25-31(40)32(46)26-30-29(40)14-20-38(5)33(15-22-42(30,38)49)41(48,17-8-2)36-35(50-36)39(6,47)37(3,4)19-12-27-16-23-44-34(43)24-27/h26-29,31,33-36,44-45,47-49H,7-25,43H2,1-6H3/p+1/t27?,28-,29-,31-,33-,34?,35-,36+,38-,39-,40+,41+,42+/m0/s1. The highest BCUT2D eigenvalue weighted by molar-refractivity contribution is 5.95. The minimum Gasteiger partial charge on any atom is -0.393 e. The lowest BCUT2D eigenvalue weighted by Gasteiger charge is -2.61. The molecule has 2 aliphatic heterocycles. The van der Waals surface area contributed by atoms with E-state index in [1.165, 1.54) is 6.42 Å². The van der Waals surface area contributed by atoms with E-state index in [0.29, 0.717) is 31.6 Å². The highest BCUT2D eigenvalue weighted by Crippen LogP contribution is 2.70. The number of piperidine rings is 1. The van der Waals surface area contributed by atoms with E-state index >= 15 is 0 Å². The number of aliphatic hydroxyl groups is 4. The summed E-state index contributed by atoms with van der Waals surface area (Å²) < 4.78 is 6.45. The molecular weight excluding hydrogens is 628 g/mol. The minimum absolute atomic E-state index is 0.0904. The number of unbranched alkanes of at least 4 members (excludes halogenated alkanes) is 3. The van der Waals surface area contributed by atoms with Crippen LogP contribution < -0.4 is 11.1 Å². The number of fused-ring (bicyclic) bond motifs is 5. The Kier molecular flexibility index (Phi) is 10.9. The maximum atomic E-state index is 14.1. The molecule has 2 unspecified atom stereocenters. The third-order valence-corrected chi connectivity index (χ3v) is 16.3. The molecular formula is C42H73N2O6+. The smallest absolute Gasteiger partial charge is 0.159 e. The van der Waals surface area contributed by atoms with Crippen LogP contribution in [0.25, 0.3) is 0 Å². The summed E-state index contributed by atoms with van der Waals surface area (Å²) in [6.07, 6.45) is 16.4. The summed E-state index contributed by atoms with van der Waals surface area (Å²) >= 11 is 0. The van der Waals surface area contributed by atoms with Crippen LogP contribution in [0.5, 0.6) is 0 Å². The van der Waals surface area contributed by atoms with Crippen molar-refractivity contribution in [1.29, 1.82) is 0 Å². The molecule has 0 aromatic rings. The third kappa shape index (κ3) is 6.30. The first-order valence-electron chi connectivity index (χ1n) is 20.9. The van der Waals surface area contributed by atoms with Gasteiger partial charge in [0.2, 0.25) is 0 Å². The van der Waals surface area contributed by atoms with Gasteiger partial charge in [0.05, 0.1) is 29.5 Å². The largest absolute Gasteiger partial charge is 0.393 e. The van der Waals surface area contributed by atoms with Crippen LogP contribution in [0.1, 0.15) is 157 Å². The summed E-state index contributed by atoms with van der Waals surface area (Å²) in [4.78, 5) is 14.1. The maximum Gasteiger partial charge on any atom is 0.159 e. The second-order valence-electron chi connectivity index (χ2n) is 19.4. The van der Waals surface area contributed by atoms with Gasteiger partial charge in [0.1, 0.15) is 18.4 Å². The van der Waals surface area contributed by atoms with Gasteiger partial charge < -0.3 is 30.5 Å². The lowest BCUT2D eigenvalue weighted by Crippen LogP contribution is -2.94. The summed E-state index contributed by atoms with van der Waals surface area (Å²) in [5.74, 6) is 0.376. The molecule has 2 heterocycles. The monoisotopic (exact) mass is 702 g/mol. The number of rotatable bonds is 14. The quantitative estimate of drug-likeness (QED) is 0.106. The van der Waals surface area contributed by atoms with Gasteiger partial charge in [0.25, 0.3) is 0 Å². The van der Waals surface area contributed by atoms with E-state index in [2.05, 4.69) is 39.9 Å². The first-order valence-corrected chi connectivity index (χ1v) is 20.9. The van der Waals surface area contributed by atoms with Gasteiger partial charge in [-0.05, 0) is 124 Å². The molecule has 6 aliphatic rings. The second-order valence-corrected chi connectivity index (χ2v) is 19.4. The molecule has 50 heavy (non-hydrogen) atoms. The molecule has 0 spiro atoms. The SMILES string of the molecule is CCCCCC[C@]12CC[C@H](O)C[C@H]1C(=O)C=C1[C@@H]2CC[C@@]2(C)[C@@H]([C@](O)(CCC)[C@@H]3O[C@@H]3[C@](C)(O)C(C)(C)CCC3CC[NH2+]C(N)C3)CC[C@@]12O. The predicted molar refractivity (Wildman–Crippen MR) is 196 cm³/mol. The molecule has 4 aliphatic carbocycles. The molecule has 0 aromatic heterocycles. The summed E-state index contributed by atoms with van der Waals surface area (Å²) in [5.41, 5.74) is 2.38. The first-order chi connectivity index (χ1) is 23.5. The number of allylic oxidation sites excluding steroid dienone is 1. The van der Waals surface area contributed by atoms with Crippen molar-refractivity contribution in [2.24, 2.45) is 45.7 Å². The van der Waals surface area contributed by atoms with Crippen molar-refractivity contribution < 1.29 is 35.3 Å². The van der Waals surface area contributed by atoms with Crippen molar-refractivity contribution in [3.8, 4) is 0 Å². The molecule has 2 saturated heterocycles. The molecule has 0 amide bonds. The number of ether oxygens (including phenoxy) is 1. The van der Waals surface area contributed by atoms with Gasteiger partial charge >= 0.3 is 0 Å². The number of carbonyl (C=O) groups is 1. The average Bonchev–Trinajstić information content (AvgIpc) is 3.83. The van der Waals surface area contributed by atoms with Gasteiger partial charge in [0, 0.05) is 17.8 Å². The van der Waals surface area contributed by atoms with Gasteiger partial charge in [0.15, 0.2) is 5.78 Å². The van der Waals surface area contributed by atoms with E-state index in [-0.39, 0.29) is 35.1 Å². The number of nitrogens with two attached hydrogens (primary N) is 2. The number of quaternary nitrogens is 1. The lowest BCUT2D eigenvalue weighted by atomic mass is 9.44. The summed E-state index contributed by atoms with van der Waals surface area (Å²) in [6, 6.07) is 0. The van der Waals surface area contributed by atoms with Crippen molar-refractivity contribution in [3.63, 3.8) is 0 Å². The lowest BCUT2D eigenvalue weighted by molar-refractivity contribution is -0.699. The highest BCUT2D eigenvalue weighted by atomic mass is 16.6. The zero-order valence-electron chi connectivity index (χ0n) is 32.4. The Morgan fingerprint density at radius 3 is 2.40 bits per heavy atom. The van der Waals surface area contributed by atoms with Gasteiger partial charge in [-0.15, -0.1) is 0 Å². The fourth-order valence-electron chi connectivity index (χ4n) is 12.7. The van der Waals surface area contributed by atoms with E-state index in [1.807, 2.05) is 6.92 Å². The van der Waals surface area contributed by atoms with Crippen molar-refractivity contribution in [1.82, 2.24) is 0 Å². The Hall–Kier alpha value is -0.870. The van der Waals surface area contributed by atoms with Crippen LogP contribution in [-0.2, 0) is 9.53 Å². The third-order valence-electron chi connectivity index (χ3n) is 16.3. The Morgan fingerprint density at radius 1 is 0.940 bits per heavy atom. The van der Waals surface area contributed by atoms with Gasteiger partial charge in [-0.2, -0.15) is 0 Å². The van der Waals surface area contributed by atoms with Crippen molar-refractivity contribution >= 4 is 5.78 Å². The number of aliphatic hydroxyl groups excluding tert-OH is 1. The average molecular weight is 702 g/mol. The molecule has 6 rings (SSSR count). The van der Waals surface area contributed by atoms with E-state index in [9.17, 15) is 25.2 Å². The van der Waals surface area contributed by atoms with Crippen molar-refractivity contribution in [2.75, 3.05) is 6.54 Å². The maximum absolute atomic E-state index is 14.1. The predicted octanol–water partition coefficient (Wildman–Crippen LogP) is 5.28. The first kappa shape index (κ1) is 38.8. The topological polar surface area (TPSA) is 153 Å². The highest BCUT2D eigenvalue weighted by Gasteiger charge is 2.73. The molecule has 8 N–H and O–H groups in total. The Bertz CT molecular complexity index is 1270. The summed E-state index contributed by atoms with van der Waals surface area (Å²) in [6.45, 7) is 13.7. The van der Waals surface area contributed by atoms with Gasteiger partial charge in [-0.1, -0.05) is 66.7 Å². The van der Waals surface area contributed by atoms with E-state index in [4.69, 9.17) is 10.5 Å². The van der Waals surface area contributed by atoms with Crippen LogP contribution in [0.15, 0.2) is 11.6 Å². The zero-order valence-corrected chi connectivity index (χ0v) is 32.4. The van der Waals surface area contributed by atoms with Crippen LogP contribution in [0.2, 0.25) is 0 Å². The van der Waals surface area contributed by atoms with Crippen LogP contribution in [0.3, 0.4) is 0 Å². The Balaban J connectivity index is 1.24. The van der Waals surface area contributed by atoms with Crippen LogP contribution >= 0.6 is 0 Å². The molecule has 286 valence electrons. The van der Waals surface area contributed by atoms with Crippen molar-refractivity contribution in [3.05, 3.63) is 11.6 Å². The molecule has 8 heteroatoms. The molecule has 0 bridgehead atoms. The van der Waals surface area contributed by atoms with E-state index in [0.717, 1.165) is 95.6 Å². The minimum atomic E-state index is -1.20. The Morgan fingerprint density at radius 2 is 1.70 bits per heavy atom. The van der Waals surface area contributed by atoms with Crippen LogP contribution in [-0.4, -0.2) is 74.0 Å². The summed E-state index contributed by atoms with van der Waals surface area (Å²) in [5, 5.41) is 51.1. The van der Waals surface area contributed by atoms with E-state index < -0.39 is 45.9 Å². The normalized spacial score (nSPS) is 44.0. The second kappa shape index (κ2) is 14.1. The number of carbonyl (C=O) groups excluding carboxylic acids is 1. The van der Waals surface area contributed by atoms with Crippen LogP contribution in [0, 0.1) is 39.9 Å². The molecule has 0 radical (unpaired) electrons. The Labute approximate surface area is 302 Å². The zero-order chi connectivity index (χ0) is 36.3. The number of hydrogen-bond acceptors (Lipinski definition) is 7. The van der Waals surface area contributed by atoms with Crippen LogP contribution in [0.4, 0.5) is 0 Å². The number of epoxide rings is 1. The molecule has 13 atom stereocenters. The fraction of sp³-hybridized carbons (Fsp3) is 0.929. The van der Waals surface area contributed by atoms with E-state index in [1.54, 1.807) is 6.08 Å². The molecule has 8 nitrogen and oxygen atoms in total. The fourth-order valence-corrected chi connectivity index (χ4v) is 12.7.